The third-order valence-electron chi connectivity index (χ3n) is 3.77. The third-order valence-corrected chi connectivity index (χ3v) is 4.96. The van der Waals surface area contributed by atoms with Crippen LogP contribution < -0.4 is 10.1 Å². The zero-order valence-corrected chi connectivity index (χ0v) is 14.0. The highest BCUT2D eigenvalue weighted by atomic mass is 79.9. The maximum Gasteiger partial charge on any atom is 0.145 e. The number of aliphatic hydroxyl groups excluding tert-OH is 1. The van der Waals surface area contributed by atoms with Crippen molar-refractivity contribution in [3.63, 3.8) is 0 Å². The topological polar surface area (TPSA) is 41.5 Å². The minimum Gasteiger partial charge on any atom is -0.494 e. The number of benzene rings is 1. The summed E-state index contributed by atoms with van der Waals surface area (Å²) < 4.78 is 6.66. The number of aliphatic hydroxyl groups is 1. The van der Waals surface area contributed by atoms with E-state index in [4.69, 9.17) is 4.74 Å². The van der Waals surface area contributed by atoms with Gasteiger partial charge in [0.25, 0.3) is 0 Å². The summed E-state index contributed by atoms with van der Waals surface area (Å²) in [4.78, 5) is 0. The molecule has 1 atom stereocenters. The van der Waals surface area contributed by atoms with Gasteiger partial charge in [-0.05, 0) is 49.8 Å². The SMILES string of the molecule is CCC(CO)CNc1c(C)c(Br)c(C)c(C)c1OC. The second-order valence-electron chi connectivity index (χ2n) is 4.93. The first kappa shape index (κ1) is 16.3. The van der Waals surface area contributed by atoms with Gasteiger partial charge in [-0.3, -0.25) is 0 Å². The minimum atomic E-state index is 0.205. The molecular weight excluding hydrogens is 306 g/mol. The number of methoxy groups -OCH3 is 1. The highest BCUT2D eigenvalue weighted by molar-refractivity contribution is 9.10. The van der Waals surface area contributed by atoms with Crippen LogP contribution in [0.25, 0.3) is 0 Å². The van der Waals surface area contributed by atoms with Gasteiger partial charge in [-0.15, -0.1) is 0 Å². The average Bonchev–Trinajstić information content (AvgIpc) is 2.43. The molecule has 1 aromatic rings. The fourth-order valence-corrected chi connectivity index (χ4v) is 2.63. The molecule has 0 saturated heterocycles. The lowest BCUT2D eigenvalue weighted by Crippen LogP contribution is -2.18. The van der Waals surface area contributed by atoms with Gasteiger partial charge in [-0.2, -0.15) is 0 Å². The quantitative estimate of drug-likeness (QED) is 0.833. The van der Waals surface area contributed by atoms with E-state index >= 15 is 0 Å². The van der Waals surface area contributed by atoms with E-state index in [-0.39, 0.29) is 12.5 Å². The second-order valence-corrected chi connectivity index (χ2v) is 5.73. The highest BCUT2D eigenvalue weighted by Gasteiger charge is 2.17. The van der Waals surface area contributed by atoms with Crippen LogP contribution in [0.3, 0.4) is 0 Å². The van der Waals surface area contributed by atoms with Crippen molar-refractivity contribution in [3.8, 4) is 5.75 Å². The van der Waals surface area contributed by atoms with Gasteiger partial charge in [0.05, 0.1) is 12.8 Å². The Balaban J connectivity index is 3.12. The maximum absolute atomic E-state index is 9.27. The summed E-state index contributed by atoms with van der Waals surface area (Å²) in [5.41, 5.74) is 4.51. The fourth-order valence-electron chi connectivity index (χ4n) is 2.14. The van der Waals surface area contributed by atoms with Crippen molar-refractivity contribution in [1.29, 1.82) is 0 Å². The molecule has 0 radical (unpaired) electrons. The normalized spacial score (nSPS) is 12.4. The first-order valence-corrected chi connectivity index (χ1v) is 7.45. The lowest BCUT2D eigenvalue weighted by molar-refractivity contribution is 0.230. The van der Waals surface area contributed by atoms with Crippen molar-refractivity contribution >= 4 is 21.6 Å². The molecule has 1 rings (SSSR count). The molecule has 0 spiro atoms. The van der Waals surface area contributed by atoms with E-state index < -0.39 is 0 Å². The Bertz CT molecular complexity index is 443. The fraction of sp³-hybridized carbons (Fsp3) is 0.600. The van der Waals surface area contributed by atoms with Gasteiger partial charge in [0, 0.05) is 17.6 Å². The lowest BCUT2D eigenvalue weighted by atomic mass is 10.0. The highest BCUT2D eigenvalue weighted by Crippen LogP contribution is 2.39. The Kier molecular flexibility index (Phi) is 6.14. The zero-order valence-electron chi connectivity index (χ0n) is 12.4. The number of nitrogens with one attached hydrogen (secondary N) is 1. The summed E-state index contributed by atoms with van der Waals surface area (Å²) in [5.74, 6) is 1.16. The van der Waals surface area contributed by atoms with Gasteiger partial charge in [0.1, 0.15) is 5.75 Å². The number of hydrogen-bond acceptors (Lipinski definition) is 3. The summed E-state index contributed by atoms with van der Waals surface area (Å²) in [6.07, 6.45) is 0.955. The first-order chi connectivity index (χ1) is 8.97. The van der Waals surface area contributed by atoms with E-state index in [2.05, 4.69) is 48.9 Å². The molecular formula is C15H24BrNO2. The largest absolute Gasteiger partial charge is 0.494 e. The summed E-state index contributed by atoms with van der Waals surface area (Å²) in [7, 11) is 1.70. The van der Waals surface area contributed by atoms with E-state index in [0.29, 0.717) is 0 Å². The number of hydrogen-bond donors (Lipinski definition) is 2. The molecule has 0 amide bonds. The van der Waals surface area contributed by atoms with E-state index in [9.17, 15) is 5.11 Å². The molecule has 0 aliphatic carbocycles. The summed E-state index contributed by atoms with van der Waals surface area (Å²) in [6.45, 7) is 9.26. The van der Waals surface area contributed by atoms with Crippen LogP contribution in [-0.2, 0) is 0 Å². The Morgan fingerprint density at radius 3 is 2.32 bits per heavy atom. The molecule has 4 heteroatoms. The number of rotatable bonds is 6. The van der Waals surface area contributed by atoms with Crippen LogP contribution in [-0.4, -0.2) is 25.4 Å². The molecule has 1 unspecified atom stereocenters. The molecule has 0 bridgehead atoms. The lowest BCUT2D eigenvalue weighted by Gasteiger charge is -2.21. The number of anilines is 1. The van der Waals surface area contributed by atoms with Crippen LogP contribution in [0, 0.1) is 26.7 Å². The standard InChI is InChI=1S/C15H24BrNO2/c1-6-12(8-18)7-17-14-11(4)13(16)9(2)10(3)15(14)19-5/h12,17-18H,6-8H2,1-5H3. The van der Waals surface area contributed by atoms with Crippen LogP contribution in [0.4, 0.5) is 5.69 Å². The van der Waals surface area contributed by atoms with Gasteiger partial charge in [0.15, 0.2) is 0 Å². The van der Waals surface area contributed by atoms with E-state index in [1.165, 1.54) is 5.56 Å². The van der Waals surface area contributed by atoms with E-state index in [1.54, 1.807) is 7.11 Å². The zero-order chi connectivity index (χ0) is 14.6. The van der Waals surface area contributed by atoms with Crippen LogP contribution in [0.5, 0.6) is 5.75 Å². The Labute approximate surface area is 124 Å². The molecule has 19 heavy (non-hydrogen) atoms. The average molecular weight is 330 g/mol. The maximum atomic E-state index is 9.27. The number of halogens is 1. The summed E-state index contributed by atoms with van der Waals surface area (Å²) in [6, 6.07) is 0. The van der Waals surface area contributed by atoms with Crippen LogP contribution in [0.1, 0.15) is 30.0 Å². The molecule has 2 N–H and O–H groups in total. The molecule has 1 aromatic carbocycles. The van der Waals surface area contributed by atoms with Crippen LogP contribution in [0.2, 0.25) is 0 Å². The van der Waals surface area contributed by atoms with Crippen LogP contribution >= 0.6 is 15.9 Å². The van der Waals surface area contributed by atoms with E-state index in [0.717, 1.165) is 40.0 Å². The van der Waals surface area contributed by atoms with Crippen molar-refractivity contribution < 1.29 is 9.84 Å². The second kappa shape index (κ2) is 7.15. The molecule has 0 aliphatic rings. The molecule has 108 valence electrons. The minimum absolute atomic E-state index is 0.205. The molecule has 0 heterocycles. The van der Waals surface area contributed by atoms with Gasteiger partial charge >= 0.3 is 0 Å². The summed E-state index contributed by atoms with van der Waals surface area (Å²) in [5, 5.41) is 12.7. The van der Waals surface area contributed by atoms with Crippen molar-refractivity contribution in [2.75, 3.05) is 25.6 Å². The molecule has 0 saturated carbocycles. The van der Waals surface area contributed by atoms with Crippen molar-refractivity contribution in [2.45, 2.75) is 34.1 Å². The third kappa shape index (κ3) is 3.42. The van der Waals surface area contributed by atoms with E-state index in [1.807, 2.05) is 0 Å². The van der Waals surface area contributed by atoms with Gasteiger partial charge in [-0.1, -0.05) is 22.9 Å². The molecule has 3 nitrogen and oxygen atoms in total. The summed E-state index contributed by atoms with van der Waals surface area (Å²) >= 11 is 3.64. The Hall–Kier alpha value is -0.740. The van der Waals surface area contributed by atoms with Crippen molar-refractivity contribution in [2.24, 2.45) is 5.92 Å². The van der Waals surface area contributed by atoms with Crippen molar-refractivity contribution in [3.05, 3.63) is 21.2 Å². The molecule has 0 aromatic heterocycles. The van der Waals surface area contributed by atoms with Gasteiger partial charge < -0.3 is 15.2 Å². The Morgan fingerprint density at radius 2 is 1.84 bits per heavy atom. The first-order valence-electron chi connectivity index (χ1n) is 6.65. The Morgan fingerprint density at radius 1 is 1.21 bits per heavy atom. The van der Waals surface area contributed by atoms with Gasteiger partial charge in [-0.25, -0.2) is 0 Å². The van der Waals surface area contributed by atoms with Crippen molar-refractivity contribution in [1.82, 2.24) is 0 Å². The predicted octanol–water partition coefficient (Wildman–Crippen LogP) is 3.81. The number of ether oxygens (including phenoxy) is 1. The van der Waals surface area contributed by atoms with Gasteiger partial charge in [0.2, 0.25) is 0 Å². The monoisotopic (exact) mass is 329 g/mol. The smallest absolute Gasteiger partial charge is 0.145 e. The molecule has 0 fully saturated rings. The van der Waals surface area contributed by atoms with Crippen LogP contribution in [0.15, 0.2) is 4.47 Å². The predicted molar refractivity (Wildman–Crippen MR) is 84.3 cm³/mol. The molecule has 0 aliphatic heterocycles.